The molecule has 0 aliphatic carbocycles. The molecule has 2 heterocycles. The molecule has 13 nitrogen and oxygen atoms in total. The standard InChI is InChI=1S/C25H16N4O9/c30-21-11-14(13-26(21)15-7-9-16(10-8-15)28(34)35)25(33)38-18-4-1-3-17(12-18)27-23(31)19-5-2-6-20(29(36)37)22(19)24(27)32/h1-10,12,14H,11,13H2/t14-/m1/s1. The first-order chi connectivity index (χ1) is 18.2. The summed E-state index contributed by atoms with van der Waals surface area (Å²) in [6.07, 6.45) is -0.141. The van der Waals surface area contributed by atoms with Crippen LogP contribution >= 0.6 is 0 Å². The van der Waals surface area contributed by atoms with Crippen molar-refractivity contribution in [1.82, 2.24) is 0 Å². The zero-order chi connectivity index (χ0) is 27.1. The minimum Gasteiger partial charge on any atom is -0.426 e. The Morgan fingerprint density at radius 3 is 2.26 bits per heavy atom. The number of nitro benzene ring substituents is 2. The number of carbonyl (C=O) groups is 4. The predicted octanol–water partition coefficient (Wildman–Crippen LogP) is 3.26. The highest BCUT2D eigenvalue weighted by Crippen LogP contribution is 2.35. The Hall–Kier alpha value is -5.46. The van der Waals surface area contributed by atoms with Crippen molar-refractivity contribution >= 4 is 46.4 Å². The number of nitrogens with zero attached hydrogens (tertiary/aromatic N) is 4. The van der Waals surface area contributed by atoms with Gasteiger partial charge in [0.1, 0.15) is 11.3 Å². The van der Waals surface area contributed by atoms with Gasteiger partial charge in [0.05, 0.1) is 27.0 Å². The number of fused-ring (bicyclic) bond motifs is 1. The molecular formula is C25H16N4O9. The van der Waals surface area contributed by atoms with Crippen LogP contribution in [0.2, 0.25) is 0 Å². The zero-order valence-electron chi connectivity index (χ0n) is 19.3. The number of nitro groups is 2. The van der Waals surface area contributed by atoms with Crippen molar-refractivity contribution in [2.75, 3.05) is 16.3 Å². The van der Waals surface area contributed by atoms with Gasteiger partial charge in [-0.05, 0) is 30.3 Å². The molecule has 13 heteroatoms. The fourth-order valence-electron chi connectivity index (χ4n) is 4.41. The molecule has 0 unspecified atom stereocenters. The maximum atomic E-state index is 13.0. The second-order valence-corrected chi connectivity index (χ2v) is 8.50. The van der Waals surface area contributed by atoms with E-state index in [2.05, 4.69) is 0 Å². The summed E-state index contributed by atoms with van der Waals surface area (Å²) in [7, 11) is 0. The number of hydrogen-bond acceptors (Lipinski definition) is 9. The summed E-state index contributed by atoms with van der Waals surface area (Å²) < 4.78 is 5.43. The highest BCUT2D eigenvalue weighted by Gasteiger charge is 2.42. The normalized spacial score (nSPS) is 16.5. The van der Waals surface area contributed by atoms with Gasteiger partial charge >= 0.3 is 5.97 Å². The third-order valence-corrected chi connectivity index (χ3v) is 6.21. The summed E-state index contributed by atoms with van der Waals surface area (Å²) in [4.78, 5) is 74.2. The van der Waals surface area contributed by atoms with Crippen molar-refractivity contribution in [2.45, 2.75) is 6.42 Å². The fourth-order valence-corrected chi connectivity index (χ4v) is 4.41. The van der Waals surface area contributed by atoms with Gasteiger partial charge in [0.15, 0.2) is 0 Å². The number of carbonyl (C=O) groups excluding carboxylic acids is 4. The Kier molecular flexibility index (Phi) is 5.87. The molecule has 0 spiro atoms. The average molecular weight is 516 g/mol. The minimum atomic E-state index is -0.874. The Bertz CT molecular complexity index is 1550. The fraction of sp³-hybridized carbons (Fsp3) is 0.120. The Morgan fingerprint density at radius 1 is 0.868 bits per heavy atom. The molecule has 0 saturated carbocycles. The van der Waals surface area contributed by atoms with Gasteiger partial charge in [-0.15, -0.1) is 0 Å². The van der Waals surface area contributed by atoms with Crippen molar-refractivity contribution in [3.8, 4) is 5.75 Å². The molecule has 2 aliphatic rings. The first-order valence-electron chi connectivity index (χ1n) is 11.2. The monoisotopic (exact) mass is 516 g/mol. The van der Waals surface area contributed by atoms with Gasteiger partial charge in [-0.1, -0.05) is 12.1 Å². The van der Waals surface area contributed by atoms with E-state index in [-0.39, 0.29) is 47.1 Å². The number of amides is 3. The van der Waals surface area contributed by atoms with E-state index in [1.54, 1.807) is 0 Å². The van der Waals surface area contributed by atoms with Crippen molar-refractivity contribution in [2.24, 2.45) is 5.92 Å². The largest absolute Gasteiger partial charge is 0.426 e. The lowest BCUT2D eigenvalue weighted by molar-refractivity contribution is -0.385. The van der Waals surface area contributed by atoms with Gasteiger partial charge in [-0.2, -0.15) is 0 Å². The maximum Gasteiger partial charge on any atom is 0.316 e. The molecule has 2 aliphatic heterocycles. The molecule has 0 aromatic heterocycles. The molecule has 1 fully saturated rings. The number of esters is 1. The maximum absolute atomic E-state index is 13.0. The highest BCUT2D eigenvalue weighted by atomic mass is 16.6. The number of non-ortho nitro benzene ring substituents is 1. The van der Waals surface area contributed by atoms with E-state index in [1.165, 1.54) is 65.6 Å². The van der Waals surface area contributed by atoms with Crippen molar-refractivity contribution in [3.63, 3.8) is 0 Å². The van der Waals surface area contributed by atoms with Crippen molar-refractivity contribution in [1.29, 1.82) is 0 Å². The van der Waals surface area contributed by atoms with E-state index < -0.39 is 39.2 Å². The Morgan fingerprint density at radius 2 is 1.58 bits per heavy atom. The van der Waals surface area contributed by atoms with Gasteiger partial charge in [0, 0.05) is 42.9 Å². The van der Waals surface area contributed by atoms with Crippen molar-refractivity contribution in [3.05, 3.63) is 98.1 Å². The van der Waals surface area contributed by atoms with Crippen LogP contribution in [0.5, 0.6) is 5.75 Å². The number of ether oxygens (including phenoxy) is 1. The molecule has 38 heavy (non-hydrogen) atoms. The first kappa shape index (κ1) is 24.2. The SMILES string of the molecule is O=C(Oc1cccc(N2C(=O)c3cccc([N+](=O)[O-])c3C2=O)c1)[C@@H]1CC(=O)N(c2ccc([N+](=O)[O-])cc2)C1. The molecular weight excluding hydrogens is 500 g/mol. The van der Waals surface area contributed by atoms with E-state index in [4.69, 9.17) is 4.74 Å². The van der Waals surface area contributed by atoms with Crippen LogP contribution in [0.1, 0.15) is 27.1 Å². The summed E-state index contributed by atoms with van der Waals surface area (Å²) in [6.45, 7) is -0.00274. The lowest BCUT2D eigenvalue weighted by atomic mass is 10.1. The molecule has 190 valence electrons. The minimum absolute atomic E-state index is 0.000194. The molecule has 1 saturated heterocycles. The molecule has 1 atom stereocenters. The third kappa shape index (κ3) is 4.11. The lowest BCUT2D eigenvalue weighted by Gasteiger charge is -2.17. The Labute approximate surface area is 213 Å². The smallest absolute Gasteiger partial charge is 0.316 e. The van der Waals surface area contributed by atoms with Gasteiger partial charge in [-0.3, -0.25) is 39.4 Å². The summed E-state index contributed by atoms with van der Waals surface area (Å²) in [5.74, 6) is -3.54. The summed E-state index contributed by atoms with van der Waals surface area (Å²) in [6, 6.07) is 14.7. The van der Waals surface area contributed by atoms with Gasteiger partial charge in [0.25, 0.3) is 23.2 Å². The second-order valence-electron chi connectivity index (χ2n) is 8.50. The van der Waals surface area contributed by atoms with Crippen LogP contribution in [0, 0.1) is 26.1 Å². The van der Waals surface area contributed by atoms with E-state index >= 15 is 0 Å². The molecule has 3 amide bonds. The number of anilines is 2. The van der Waals surface area contributed by atoms with E-state index in [1.807, 2.05) is 0 Å². The third-order valence-electron chi connectivity index (χ3n) is 6.21. The Balaban J connectivity index is 1.32. The van der Waals surface area contributed by atoms with Gasteiger partial charge in [0.2, 0.25) is 5.91 Å². The van der Waals surface area contributed by atoms with E-state index in [0.29, 0.717) is 5.69 Å². The van der Waals surface area contributed by atoms with Crippen LogP contribution in [-0.4, -0.2) is 40.1 Å². The predicted molar refractivity (Wildman–Crippen MR) is 130 cm³/mol. The molecule has 3 aromatic carbocycles. The van der Waals surface area contributed by atoms with Crippen LogP contribution in [0.15, 0.2) is 66.7 Å². The number of imide groups is 1. The van der Waals surface area contributed by atoms with Crippen LogP contribution in [0.25, 0.3) is 0 Å². The first-order valence-corrected chi connectivity index (χ1v) is 11.2. The molecule has 0 radical (unpaired) electrons. The summed E-state index contributed by atoms with van der Waals surface area (Å²) in [5, 5.41) is 22.2. The number of hydrogen-bond donors (Lipinski definition) is 0. The zero-order valence-corrected chi connectivity index (χ0v) is 19.3. The topological polar surface area (TPSA) is 170 Å². The van der Waals surface area contributed by atoms with Crippen LogP contribution in [0.4, 0.5) is 22.7 Å². The quantitative estimate of drug-likeness (QED) is 0.157. The van der Waals surface area contributed by atoms with Crippen LogP contribution in [-0.2, 0) is 9.59 Å². The molecule has 0 bridgehead atoms. The van der Waals surface area contributed by atoms with Crippen LogP contribution < -0.4 is 14.5 Å². The van der Waals surface area contributed by atoms with E-state index in [0.717, 1.165) is 11.0 Å². The number of benzene rings is 3. The average Bonchev–Trinajstić information content (AvgIpc) is 3.41. The van der Waals surface area contributed by atoms with Crippen LogP contribution in [0.3, 0.4) is 0 Å². The lowest BCUT2D eigenvalue weighted by Crippen LogP contribution is -2.29. The van der Waals surface area contributed by atoms with Crippen molar-refractivity contribution < 1.29 is 33.8 Å². The van der Waals surface area contributed by atoms with Gasteiger partial charge < -0.3 is 9.64 Å². The van der Waals surface area contributed by atoms with Gasteiger partial charge in [-0.25, -0.2) is 4.90 Å². The second kappa shape index (κ2) is 9.20. The molecule has 5 rings (SSSR count). The highest BCUT2D eigenvalue weighted by molar-refractivity contribution is 6.35. The summed E-state index contributed by atoms with van der Waals surface area (Å²) in [5.41, 5.74) is -0.607. The number of rotatable bonds is 6. The molecule has 3 aromatic rings. The van der Waals surface area contributed by atoms with E-state index in [9.17, 15) is 39.4 Å². The molecule has 0 N–H and O–H groups in total. The summed E-state index contributed by atoms with van der Waals surface area (Å²) >= 11 is 0.